The molecule has 1 aromatic rings. The van der Waals surface area contributed by atoms with Crippen LogP contribution >= 0.6 is 0 Å². The van der Waals surface area contributed by atoms with Crippen LogP contribution in [0.5, 0.6) is 5.75 Å². The van der Waals surface area contributed by atoms with Gasteiger partial charge >= 0.3 is 5.97 Å². The van der Waals surface area contributed by atoms with Crippen LogP contribution in [0.2, 0.25) is 0 Å². The molecule has 1 atom stereocenters. The van der Waals surface area contributed by atoms with Crippen molar-refractivity contribution in [3.63, 3.8) is 0 Å². The van der Waals surface area contributed by atoms with Crippen LogP contribution in [0.15, 0.2) is 0 Å². The molecule has 0 spiro atoms. The second-order valence-corrected chi connectivity index (χ2v) is 3.98. The summed E-state index contributed by atoms with van der Waals surface area (Å²) in [6.45, 7) is 0. The van der Waals surface area contributed by atoms with E-state index in [0.717, 1.165) is 0 Å². The van der Waals surface area contributed by atoms with Crippen molar-refractivity contribution in [3.8, 4) is 5.75 Å². The normalized spacial score (nSPS) is 18.1. The van der Waals surface area contributed by atoms with E-state index in [0.29, 0.717) is 0 Å². The highest BCUT2D eigenvalue weighted by atomic mass is 19.2. The summed E-state index contributed by atoms with van der Waals surface area (Å²) in [6, 6.07) is -1.18. The minimum atomic E-state index is -2.35. The number of ether oxygens (including phenoxy) is 1. The third-order valence-electron chi connectivity index (χ3n) is 2.65. The van der Waals surface area contributed by atoms with Crippen molar-refractivity contribution < 1.29 is 36.3 Å². The van der Waals surface area contributed by atoms with Crippen molar-refractivity contribution in [1.29, 1.82) is 0 Å². The topological polar surface area (TPSA) is 55.4 Å². The summed E-state index contributed by atoms with van der Waals surface area (Å²) in [5.74, 6) is -14.8. The van der Waals surface area contributed by atoms with Crippen LogP contribution in [0.3, 0.4) is 0 Å². The molecule has 1 aromatic carbocycles. The van der Waals surface area contributed by atoms with Gasteiger partial charge in [-0.05, 0) is 6.42 Å². The standard InChI is InChI=1S/C11H6F5NO3/c12-5-6(13)8(15)10(9(16)7(5)14)20-11(19)3-1-2-4(18)17-3/h3H,1-2H2,(H,17,18). The molecule has 2 rings (SSSR count). The van der Waals surface area contributed by atoms with Gasteiger partial charge in [-0.3, -0.25) is 4.79 Å². The number of esters is 1. The second kappa shape index (κ2) is 5.06. The summed E-state index contributed by atoms with van der Waals surface area (Å²) >= 11 is 0. The summed E-state index contributed by atoms with van der Waals surface area (Å²) in [5.41, 5.74) is 0. The SMILES string of the molecule is O=C1CCC(C(=O)Oc2c(F)c(F)c(F)c(F)c2F)N1. The zero-order valence-corrected chi connectivity index (χ0v) is 9.61. The van der Waals surface area contributed by atoms with Crippen molar-refractivity contribution >= 4 is 11.9 Å². The number of carbonyl (C=O) groups excluding carboxylic acids is 2. The summed E-state index contributed by atoms with van der Waals surface area (Å²) in [5, 5.41) is 2.13. The van der Waals surface area contributed by atoms with Gasteiger partial charge in [-0.2, -0.15) is 8.78 Å². The number of rotatable bonds is 2. The molecule has 0 aliphatic carbocycles. The first-order valence-electron chi connectivity index (χ1n) is 5.35. The van der Waals surface area contributed by atoms with Crippen LogP contribution in [0.25, 0.3) is 0 Å². The average molecular weight is 295 g/mol. The smallest absolute Gasteiger partial charge is 0.334 e. The molecule has 1 aliphatic heterocycles. The first-order chi connectivity index (χ1) is 9.32. The van der Waals surface area contributed by atoms with Gasteiger partial charge in [0.15, 0.2) is 0 Å². The van der Waals surface area contributed by atoms with Gasteiger partial charge in [0.1, 0.15) is 6.04 Å². The van der Waals surface area contributed by atoms with E-state index in [1.54, 1.807) is 0 Å². The molecular formula is C11H6F5NO3. The molecule has 9 heteroatoms. The van der Waals surface area contributed by atoms with E-state index in [2.05, 4.69) is 10.1 Å². The first-order valence-corrected chi connectivity index (χ1v) is 5.35. The number of hydrogen-bond acceptors (Lipinski definition) is 3. The van der Waals surface area contributed by atoms with Crippen molar-refractivity contribution in [1.82, 2.24) is 5.32 Å². The number of benzene rings is 1. The van der Waals surface area contributed by atoms with Gasteiger partial charge in [-0.15, -0.1) is 0 Å². The number of amides is 1. The summed E-state index contributed by atoms with van der Waals surface area (Å²) in [6.07, 6.45) is 0.00390. The van der Waals surface area contributed by atoms with E-state index < -0.39 is 52.8 Å². The molecule has 0 bridgehead atoms. The van der Waals surface area contributed by atoms with Gasteiger partial charge in [0.05, 0.1) is 0 Å². The maximum atomic E-state index is 13.2. The lowest BCUT2D eigenvalue weighted by molar-refractivity contribution is -0.137. The first kappa shape index (κ1) is 14.2. The molecule has 1 fully saturated rings. The zero-order chi connectivity index (χ0) is 15.0. The van der Waals surface area contributed by atoms with E-state index in [9.17, 15) is 31.5 Å². The van der Waals surface area contributed by atoms with Gasteiger partial charge in [0, 0.05) is 6.42 Å². The average Bonchev–Trinajstić information content (AvgIpc) is 2.85. The van der Waals surface area contributed by atoms with Crippen molar-refractivity contribution in [2.45, 2.75) is 18.9 Å². The molecule has 1 aliphatic rings. The largest absolute Gasteiger partial charge is 0.418 e. The molecule has 20 heavy (non-hydrogen) atoms. The van der Waals surface area contributed by atoms with E-state index in [4.69, 9.17) is 0 Å². The highest BCUT2D eigenvalue weighted by molar-refractivity contribution is 5.88. The van der Waals surface area contributed by atoms with Gasteiger partial charge < -0.3 is 10.1 Å². The van der Waals surface area contributed by atoms with Gasteiger partial charge in [-0.1, -0.05) is 0 Å². The van der Waals surface area contributed by atoms with Gasteiger partial charge in [-0.25, -0.2) is 18.0 Å². The van der Waals surface area contributed by atoms with Crippen molar-refractivity contribution in [3.05, 3.63) is 29.1 Å². The lowest BCUT2D eigenvalue weighted by Gasteiger charge is -2.12. The Morgan fingerprint density at radius 1 is 1.00 bits per heavy atom. The third kappa shape index (κ3) is 2.30. The summed E-state index contributed by atoms with van der Waals surface area (Å²) in [7, 11) is 0. The number of nitrogens with one attached hydrogen (secondary N) is 1. The highest BCUT2D eigenvalue weighted by Crippen LogP contribution is 2.29. The monoisotopic (exact) mass is 295 g/mol. The maximum absolute atomic E-state index is 13.2. The molecule has 1 unspecified atom stereocenters. The maximum Gasteiger partial charge on any atom is 0.334 e. The summed E-state index contributed by atoms with van der Waals surface area (Å²) < 4.78 is 69.2. The second-order valence-electron chi connectivity index (χ2n) is 3.98. The van der Waals surface area contributed by atoms with E-state index in [1.165, 1.54) is 0 Å². The molecule has 4 nitrogen and oxygen atoms in total. The minimum Gasteiger partial charge on any atom is -0.418 e. The van der Waals surface area contributed by atoms with Crippen molar-refractivity contribution in [2.24, 2.45) is 0 Å². The molecule has 0 radical (unpaired) electrons. The third-order valence-corrected chi connectivity index (χ3v) is 2.65. The van der Waals surface area contributed by atoms with E-state index >= 15 is 0 Å². The predicted molar refractivity (Wildman–Crippen MR) is 53.0 cm³/mol. The fourth-order valence-electron chi connectivity index (χ4n) is 1.64. The van der Waals surface area contributed by atoms with Gasteiger partial charge in [0.25, 0.3) is 0 Å². The highest BCUT2D eigenvalue weighted by Gasteiger charge is 2.33. The lowest BCUT2D eigenvalue weighted by atomic mass is 10.2. The van der Waals surface area contributed by atoms with E-state index in [-0.39, 0.29) is 12.8 Å². The molecule has 108 valence electrons. The Balaban J connectivity index is 2.30. The number of halogens is 5. The Morgan fingerprint density at radius 2 is 1.50 bits per heavy atom. The molecule has 0 aromatic heterocycles. The van der Waals surface area contributed by atoms with Crippen LogP contribution < -0.4 is 10.1 Å². The van der Waals surface area contributed by atoms with Gasteiger partial charge in [0.2, 0.25) is 40.7 Å². The van der Waals surface area contributed by atoms with Crippen LogP contribution in [0.4, 0.5) is 22.0 Å². The molecule has 0 saturated carbocycles. The Kier molecular flexibility index (Phi) is 3.60. The Morgan fingerprint density at radius 3 is 1.95 bits per heavy atom. The van der Waals surface area contributed by atoms with Crippen molar-refractivity contribution in [2.75, 3.05) is 0 Å². The molecule has 1 amide bonds. The number of hydrogen-bond donors (Lipinski definition) is 1. The Hall–Kier alpha value is -2.19. The molecule has 1 saturated heterocycles. The Labute approximate surface area is 108 Å². The quantitative estimate of drug-likeness (QED) is 0.296. The summed E-state index contributed by atoms with van der Waals surface area (Å²) in [4.78, 5) is 22.3. The predicted octanol–water partition coefficient (Wildman–Crippen LogP) is 1.57. The van der Waals surface area contributed by atoms with Crippen LogP contribution in [-0.2, 0) is 9.59 Å². The van der Waals surface area contributed by atoms with Crippen LogP contribution in [0, 0.1) is 29.1 Å². The van der Waals surface area contributed by atoms with Crippen LogP contribution in [0.1, 0.15) is 12.8 Å². The molecular weight excluding hydrogens is 289 g/mol. The van der Waals surface area contributed by atoms with E-state index in [1.807, 2.05) is 0 Å². The Bertz CT molecular complexity index is 575. The fourth-order valence-corrected chi connectivity index (χ4v) is 1.64. The lowest BCUT2D eigenvalue weighted by Crippen LogP contribution is -2.36. The molecule has 1 N–H and O–H groups in total. The number of carbonyl (C=O) groups is 2. The zero-order valence-electron chi connectivity index (χ0n) is 9.61. The fraction of sp³-hybridized carbons (Fsp3) is 0.273. The molecule has 1 heterocycles. The van der Waals surface area contributed by atoms with Crippen LogP contribution in [-0.4, -0.2) is 17.9 Å². The minimum absolute atomic E-state index is 0.00310.